The molecule has 5 nitrogen and oxygen atoms in total. The number of carbonyl (C=O) groups excluding carboxylic acids is 1. The minimum absolute atomic E-state index is 0.153. The van der Waals surface area contributed by atoms with Crippen LogP contribution in [-0.2, 0) is 16.5 Å². The van der Waals surface area contributed by atoms with E-state index in [1.807, 2.05) is 34.8 Å². The van der Waals surface area contributed by atoms with E-state index in [2.05, 4.69) is 0 Å². The summed E-state index contributed by atoms with van der Waals surface area (Å²) in [5, 5.41) is 0. The van der Waals surface area contributed by atoms with Crippen LogP contribution in [0.3, 0.4) is 0 Å². The lowest BCUT2D eigenvalue weighted by molar-refractivity contribution is 0.00936. The first-order valence-electron chi connectivity index (χ1n) is 9.25. The Balaban J connectivity index is 1.26. The number of rotatable bonds is 5. The normalized spacial score (nSPS) is 26.2. The summed E-state index contributed by atoms with van der Waals surface area (Å²) in [5.74, 6) is 0.965. The zero-order chi connectivity index (χ0) is 16.6. The van der Waals surface area contributed by atoms with Crippen LogP contribution in [0.15, 0.2) is 18.3 Å². The van der Waals surface area contributed by atoms with Gasteiger partial charge in [-0.1, -0.05) is 0 Å². The van der Waals surface area contributed by atoms with Gasteiger partial charge in [0.1, 0.15) is 5.69 Å². The van der Waals surface area contributed by atoms with Crippen molar-refractivity contribution in [3.8, 4) is 0 Å². The monoisotopic (exact) mass is 332 g/mol. The molecule has 1 aromatic rings. The third-order valence-electron chi connectivity index (χ3n) is 5.91. The maximum Gasteiger partial charge on any atom is 0.270 e. The summed E-state index contributed by atoms with van der Waals surface area (Å²) in [6.45, 7) is 4.15. The molecule has 2 saturated heterocycles. The van der Waals surface area contributed by atoms with Crippen LogP contribution in [-0.4, -0.2) is 54.4 Å². The lowest BCUT2D eigenvalue weighted by Gasteiger charge is -2.38. The molecule has 132 valence electrons. The standard InChI is InChI=1S/C19H28N2O3/c1-20-8-2-3-17(20)18(22)21-9-6-19(7-10-21)11-16(24-14-19)13-23-12-15-4-5-15/h2-3,8,15-16H,4-7,9-14H2,1H3/t16-/m0/s1. The third-order valence-corrected chi connectivity index (χ3v) is 5.91. The van der Waals surface area contributed by atoms with Crippen molar-refractivity contribution in [2.75, 3.05) is 32.9 Å². The van der Waals surface area contributed by atoms with E-state index in [0.717, 1.165) is 63.8 Å². The predicted octanol–water partition coefficient (Wildman–Crippen LogP) is 2.46. The first-order valence-corrected chi connectivity index (χ1v) is 9.25. The molecule has 3 heterocycles. The maximum atomic E-state index is 12.6. The van der Waals surface area contributed by atoms with E-state index in [4.69, 9.17) is 9.47 Å². The van der Waals surface area contributed by atoms with Gasteiger partial charge in [0.25, 0.3) is 5.91 Å². The van der Waals surface area contributed by atoms with Gasteiger partial charge in [0.15, 0.2) is 0 Å². The molecule has 0 N–H and O–H groups in total. The van der Waals surface area contributed by atoms with E-state index < -0.39 is 0 Å². The van der Waals surface area contributed by atoms with E-state index in [1.165, 1.54) is 12.8 Å². The van der Waals surface area contributed by atoms with E-state index in [1.54, 1.807) is 0 Å². The summed E-state index contributed by atoms with van der Waals surface area (Å²) in [7, 11) is 1.93. The van der Waals surface area contributed by atoms with E-state index in [-0.39, 0.29) is 17.4 Å². The Labute approximate surface area is 143 Å². The molecular weight excluding hydrogens is 304 g/mol. The Morgan fingerprint density at radius 2 is 2.12 bits per heavy atom. The molecule has 3 fully saturated rings. The lowest BCUT2D eigenvalue weighted by atomic mass is 9.76. The number of aryl methyl sites for hydroxylation is 1. The lowest BCUT2D eigenvalue weighted by Crippen LogP contribution is -2.44. The molecule has 24 heavy (non-hydrogen) atoms. The average molecular weight is 332 g/mol. The van der Waals surface area contributed by atoms with Crippen molar-refractivity contribution in [2.24, 2.45) is 18.4 Å². The number of ether oxygens (including phenoxy) is 2. The quantitative estimate of drug-likeness (QED) is 0.832. The minimum Gasteiger partial charge on any atom is -0.378 e. The van der Waals surface area contributed by atoms with Crippen LogP contribution in [0.5, 0.6) is 0 Å². The fraction of sp³-hybridized carbons (Fsp3) is 0.737. The van der Waals surface area contributed by atoms with Crippen LogP contribution in [0, 0.1) is 11.3 Å². The average Bonchev–Trinajstić information content (AvgIpc) is 3.18. The van der Waals surface area contributed by atoms with Crippen molar-refractivity contribution >= 4 is 5.91 Å². The Morgan fingerprint density at radius 1 is 1.33 bits per heavy atom. The van der Waals surface area contributed by atoms with Crippen molar-refractivity contribution in [2.45, 2.75) is 38.2 Å². The van der Waals surface area contributed by atoms with Gasteiger partial charge in [0.05, 0.1) is 19.3 Å². The smallest absolute Gasteiger partial charge is 0.270 e. The van der Waals surface area contributed by atoms with Gasteiger partial charge < -0.3 is 18.9 Å². The fourth-order valence-electron chi connectivity index (χ4n) is 4.03. The first-order chi connectivity index (χ1) is 11.7. The van der Waals surface area contributed by atoms with E-state index in [9.17, 15) is 4.79 Å². The summed E-state index contributed by atoms with van der Waals surface area (Å²) < 4.78 is 13.7. The Hall–Kier alpha value is -1.33. The summed E-state index contributed by atoms with van der Waals surface area (Å²) in [6, 6.07) is 3.83. The number of carbonyl (C=O) groups is 1. The van der Waals surface area contributed by atoms with Gasteiger partial charge in [-0.2, -0.15) is 0 Å². The van der Waals surface area contributed by atoms with Crippen molar-refractivity contribution in [1.29, 1.82) is 0 Å². The maximum absolute atomic E-state index is 12.6. The van der Waals surface area contributed by atoms with Crippen molar-refractivity contribution < 1.29 is 14.3 Å². The second-order valence-electron chi connectivity index (χ2n) is 7.91. The number of nitrogens with zero attached hydrogens (tertiary/aromatic N) is 2. The summed E-state index contributed by atoms with van der Waals surface area (Å²) in [5.41, 5.74) is 1.04. The molecule has 1 atom stereocenters. The highest BCUT2D eigenvalue weighted by molar-refractivity contribution is 5.92. The Kier molecular flexibility index (Phi) is 4.39. The molecule has 1 amide bonds. The molecule has 1 aromatic heterocycles. The van der Waals surface area contributed by atoms with Gasteiger partial charge in [0.2, 0.25) is 0 Å². The number of aromatic nitrogens is 1. The molecule has 1 aliphatic carbocycles. The van der Waals surface area contributed by atoms with Gasteiger partial charge in [-0.05, 0) is 55.6 Å². The largest absolute Gasteiger partial charge is 0.378 e. The van der Waals surface area contributed by atoms with E-state index in [0.29, 0.717) is 0 Å². The van der Waals surface area contributed by atoms with Gasteiger partial charge in [0, 0.05) is 32.9 Å². The molecule has 2 aliphatic heterocycles. The fourth-order valence-corrected chi connectivity index (χ4v) is 4.03. The summed E-state index contributed by atoms with van der Waals surface area (Å²) in [6.07, 6.45) is 8.02. The molecule has 0 radical (unpaired) electrons. The van der Waals surface area contributed by atoms with Crippen LogP contribution in [0.1, 0.15) is 42.6 Å². The van der Waals surface area contributed by atoms with Gasteiger partial charge >= 0.3 is 0 Å². The summed E-state index contributed by atoms with van der Waals surface area (Å²) in [4.78, 5) is 14.6. The van der Waals surface area contributed by atoms with Crippen LogP contribution in [0.2, 0.25) is 0 Å². The number of likely N-dealkylation sites (tertiary alicyclic amines) is 1. The topological polar surface area (TPSA) is 43.7 Å². The summed E-state index contributed by atoms with van der Waals surface area (Å²) >= 11 is 0. The molecule has 5 heteroatoms. The number of amides is 1. The van der Waals surface area contributed by atoms with Crippen LogP contribution in [0.25, 0.3) is 0 Å². The Morgan fingerprint density at radius 3 is 2.79 bits per heavy atom. The number of piperidine rings is 1. The molecule has 4 rings (SSSR count). The highest BCUT2D eigenvalue weighted by Crippen LogP contribution is 2.42. The third kappa shape index (κ3) is 3.38. The molecule has 1 spiro atoms. The second-order valence-corrected chi connectivity index (χ2v) is 7.91. The molecular formula is C19H28N2O3. The van der Waals surface area contributed by atoms with Crippen LogP contribution in [0.4, 0.5) is 0 Å². The van der Waals surface area contributed by atoms with E-state index >= 15 is 0 Å². The molecule has 0 aromatic carbocycles. The van der Waals surface area contributed by atoms with Crippen molar-refractivity contribution in [1.82, 2.24) is 9.47 Å². The molecule has 0 bridgehead atoms. The highest BCUT2D eigenvalue weighted by atomic mass is 16.5. The Bertz CT molecular complexity index is 585. The zero-order valence-corrected chi connectivity index (χ0v) is 14.6. The minimum atomic E-state index is 0.153. The predicted molar refractivity (Wildman–Crippen MR) is 90.9 cm³/mol. The van der Waals surface area contributed by atoms with Crippen LogP contribution >= 0.6 is 0 Å². The van der Waals surface area contributed by atoms with Crippen molar-refractivity contribution in [3.63, 3.8) is 0 Å². The SMILES string of the molecule is Cn1cccc1C(=O)N1CCC2(CC1)CO[C@H](COCC1CC1)C2. The van der Waals surface area contributed by atoms with Crippen LogP contribution < -0.4 is 0 Å². The van der Waals surface area contributed by atoms with Crippen molar-refractivity contribution in [3.05, 3.63) is 24.0 Å². The molecule has 1 saturated carbocycles. The van der Waals surface area contributed by atoms with Gasteiger partial charge in [-0.15, -0.1) is 0 Å². The number of hydrogen-bond donors (Lipinski definition) is 0. The highest BCUT2D eigenvalue weighted by Gasteiger charge is 2.43. The number of hydrogen-bond acceptors (Lipinski definition) is 3. The molecule has 0 unspecified atom stereocenters. The molecule has 3 aliphatic rings. The first kappa shape index (κ1) is 16.2. The zero-order valence-electron chi connectivity index (χ0n) is 14.6. The van der Waals surface area contributed by atoms with Gasteiger partial charge in [-0.25, -0.2) is 0 Å². The second kappa shape index (κ2) is 6.52. The van der Waals surface area contributed by atoms with Gasteiger partial charge in [-0.3, -0.25) is 4.79 Å².